The summed E-state index contributed by atoms with van der Waals surface area (Å²) in [6, 6.07) is 3.81. The van der Waals surface area contributed by atoms with Crippen molar-refractivity contribution in [1.82, 2.24) is 5.06 Å². The maximum absolute atomic E-state index is 12.3. The summed E-state index contributed by atoms with van der Waals surface area (Å²) in [5.74, 6) is 1.26. The predicted octanol–water partition coefficient (Wildman–Crippen LogP) is 5.57. The summed E-state index contributed by atoms with van der Waals surface area (Å²) in [7, 11) is 2.58. The van der Waals surface area contributed by atoms with E-state index in [-0.39, 0.29) is 12.3 Å². The molecule has 1 amide bonds. The number of hydroxylamine groups is 2. The van der Waals surface area contributed by atoms with E-state index in [1.807, 2.05) is 12.1 Å². The third kappa shape index (κ3) is 5.27. The number of ether oxygens (including phenoxy) is 1. The maximum Gasteiger partial charge on any atom is 0.258 e. The first-order valence-corrected chi connectivity index (χ1v) is 12.3. The SMILES string of the molecule is COc1cc(Br)c(CC(=O)N(C)OC)cc1O[Si](C(C)C)(C(C)C)C(C)C. The first kappa shape index (κ1) is 24.0. The lowest BCUT2D eigenvalue weighted by Gasteiger charge is -2.42. The minimum Gasteiger partial charge on any atom is -0.540 e. The van der Waals surface area contributed by atoms with E-state index < -0.39 is 8.32 Å². The zero-order valence-corrected chi connectivity index (χ0v) is 20.6. The highest BCUT2D eigenvalue weighted by atomic mass is 79.9. The zero-order valence-electron chi connectivity index (χ0n) is 18.1. The summed E-state index contributed by atoms with van der Waals surface area (Å²) >= 11 is 3.55. The lowest BCUT2D eigenvalue weighted by atomic mass is 10.1. The highest BCUT2D eigenvalue weighted by molar-refractivity contribution is 9.10. The molecule has 154 valence electrons. The topological polar surface area (TPSA) is 48.0 Å². The number of nitrogens with zero attached hydrogens (tertiary/aromatic N) is 1. The van der Waals surface area contributed by atoms with Gasteiger partial charge in [-0.2, -0.15) is 0 Å². The molecule has 1 aromatic carbocycles. The van der Waals surface area contributed by atoms with Crippen LogP contribution in [0, 0.1) is 0 Å². The molecule has 27 heavy (non-hydrogen) atoms. The van der Waals surface area contributed by atoms with E-state index in [1.54, 1.807) is 14.2 Å². The summed E-state index contributed by atoms with van der Waals surface area (Å²) < 4.78 is 13.2. The van der Waals surface area contributed by atoms with E-state index in [0.717, 1.165) is 10.0 Å². The van der Waals surface area contributed by atoms with Crippen LogP contribution in [0.2, 0.25) is 16.6 Å². The standard InChI is InChI=1S/C20H34BrNO4Si/c1-13(2)27(14(3)4,15(5)6)26-19-10-16(11-20(23)22(7)25-9)17(21)12-18(19)24-8/h10,12-15H,11H2,1-9H3. The third-order valence-electron chi connectivity index (χ3n) is 5.29. The van der Waals surface area contributed by atoms with E-state index in [1.165, 1.54) is 12.2 Å². The molecule has 0 N–H and O–H groups in total. The van der Waals surface area contributed by atoms with Gasteiger partial charge in [0, 0.05) is 11.5 Å². The number of methoxy groups -OCH3 is 1. The van der Waals surface area contributed by atoms with Crippen molar-refractivity contribution in [2.75, 3.05) is 21.3 Å². The van der Waals surface area contributed by atoms with Crippen molar-refractivity contribution in [3.63, 3.8) is 0 Å². The first-order valence-electron chi connectivity index (χ1n) is 9.37. The number of amides is 1. The molecule has 0 aliphatic heterocycles. The molecule has 1 rings (SSSR count). The maximum atomic E-state index is 12.3. The molecule has 5 nitrogen and oxygen atoms in total. The van der Waals surface area contributed by atoms with E-state index >= 15 is 0 Å². The Hall–Kier alpha value is -1.05. The van der Waals surface area contributed by atoms with Gasteiger partial charge in [0.25, 0.3) is 8.32 Å². The van der Waals surface area contributed by atoms with Crippen molar-refractivity contribution in [3.8, 4) is 11.5 Å². The van der Waals surface area contributed by atoms with Crippen LogP contribution in [0.3, 0.4) is 0 Å². The summed E-state index contributed by atoms with van der Waals surface area (Å²) in [6.45, 7) is 13.5. The molecular weight excluding hydrogens is 426 g/mol. The van der Waals surface area contributed by atoms with Gasteiger partial charge in [0.2, 0.25) is 5.91 Å². The van der Waals surface area contributed by atoms with Crippen molar-refractivity contribution < 1.29 is 18.8 Å². The van der Waals surface area contributed by atoms with Gasteiger partial charge in [-0.1, -0.05) is 57.5 Å². The fourth-order valence-corrected chi connectivity index (χ4v) is 9.58. The van der Waals surface area contributed by atoms with E-state index in [2.05, 4.69) is 57.5 Å². The summed E-state index contributed by atoms with van der Waals surface area (Å²) in [5.41, 5.74) is 2.17. The zero-order chi connectivity index (χ0) is 20.9. The van der Waals surface area contributed by atoms with Crippen LogP contribution in [0.1, 0.15) is 47.1 Å². The Bertz CT molecular complexity index is 627. The smallest absolute Gasteiger partial charge is 0.258 e. The molecule has 0 saturated heterocycles. The quantitative estimate of drug-likeness (QED) is 0.357. The predicted molar refractivity (Wildman–Crippen MR) is 116 cm³/mol. The Morgan fingerprint density at radius 3 is 1.96 bits per heavy atom. The molecule has 0 heterocycles. The van der Waals surface area contributed by atoms with Crippen LogP contribution in [0.15, 0.2) is 16.6 Å². The second kappa shape index (κ2) is 9.93. The number of likely N-dealkylation sites (N-methyl/N-ethyl adjacent to an activating group) is 1. The van der Waals surface area contributed by atoms with Gasteiger partial charge in [0.1, 0.15) is 5.75 Å². The molecule has 7 heteroatoms. The van der Waals surface area contributed by atoms with Crippen LogP contribution in [0.25, 0.3) is 0 Å². The fourth-order valence-electron chi connectivity index (χ4n) is 3.87. The number of benzene rings is 1. The van der Waals surface area contributed by atoms with Gasteiger partial charge < -0.3 is 9.16 Å². The Kier molecular flexibility index (Phi) is 8.83. The van der Waals surface area contributed by atoms with Crippen LogP contribution >= 0.6 is 15.9 Å². The number of halogens is 1. The van der Waals surface area contributed by atoms with Crippen molar-refractivity contribution >= 4 is 30.2 Å². The van der Waals surface area contributed by atoms with Gasteiger partial charge in [-0.3, -0.25) is 9.63 Å². The number of hydrogen-bond donors (Lipinski definition) is 0. The molecule has 0 aromatic heterocycles. The minimum absolute atomic E-state index is 0.130. The molecule has 0 spiro atoms. The fraction of sp³-hybridized carbons (Fsp3) is 0.650. The molecule has 0 atom stereocenters. The molecule has 0 aliphatic rings. The van der Waals surface area contributed by atoms with Gasteiger partial charge in [0.05, 0.1) is 20.6 Å². The monoisotopic (exact) mass is 459 g/mol. The molecule has 0 bridgehead atoms. The van der Waals surface area contributed by atoms with Crippen molar-refractivity contribution in [2.45, 2.75) is 64.6 Å². The number of rotatable bonds is 9. The lowest BCUT2D eigenvalue weighted by molar-refractivity contribution is -0.167. The largest absolute Gasteiger partial charge is 0.540 e. The Morgan fingerprint density at radius 1 is 1.04 bits per heavy atom. The van der Waals surface area contributed by atoms with Crippen LogP contribution in [0.5, 0.6) is 11.5 Å². The van der Waals surface area contributed by atoms with Crippen LogP contribution in [-0.4, -0.2) is 40.6 Å². The molecule has 0 radical (unpaired) electrons. The number of carbonyl (C=O) groups is 1. The van der Waals surface area contributed by atoms with Crippen LogP contribution < -0.4 is 9.16 Å². The van der Waals surface area contributed by atoms with Gasteiger partial charge >= 0.3 is 0 Å². The van der Waals surface area contributed by atoms with Crippen molar-refractivity contribution in [2.24, 2.45) is 0 Å². The van der Waals surface area contributed by atoms with Crippen LogP contribution in [0.4, 0.5) is 0 Å². The molecule has 1 aromatic rings. The lowest BCUT2D eigenvalue weighted by Crippen LogP contribution is -2.50. The van der Waals surface area contributed by atoms with Gasteiger partial charge in [-0.25, -0.2) is 5.06 Å². The normalized spacial score (nSPS) is 12.0. The molecular formula is C20H34BrNO4Si. The van der Waals surface area contributed by atoms with Crippen molar-refractivity contribution in [1.29, 1.82) is 0 Å². The Balaban J connectivity index is 3.40. The van der Waals surface area contributed by atoms with Gasteiger partial charge in [0.15, 0.2) is 5.75 Å². The average Bonchev–Trinajstić information content (AvgIpc) is 2.59. The average molecular weight is 460 g/mol. The number of carbonyl (C=O) groups excluding carboxylic acids is 1. The molecule has 0 saturated carbocycles. The second-order valence-electron chi connectivity index (χ2n) is 7.76. The first-order chi connectivity index (χ1) is 12.5. The van der Waals surface area contributed by atoms with Gasteiger partial charge in [-0.15, -0.1) is 0 Å². The van der Waals surface area contributed by atoms with Gasteiger partial charge in [-0.05, 0) is 34.3 Å². The molecule has 0 fully saturated rings. The Morgan fingerprint density at radius 2 is 1.56 bits per heavy atom. The van der Waals surface area contributed by atoms with Crippen LogP contribution in [-0.2, 0) is 16.1 Å². The highest BCUT2D eigenvalue weighted by Gasteiger charge is 2.47. The van der Waals surface area contributed by atoms with Crippen molar-refractivity contribution in [3.05, 3.63) is 22.2 Å². The van der Waals surface area contributed by atoms with E-state index in [4.69, 9.17) is 14.0 Å². The minimum atomic E-state index is -2.14. The third-order valence-corrected chi connectivity index (χ3v) is 12.0. The Labute approximate surface area is 173 Å². The molecule has 0 unspecified atom stereocenters. The summed E-state index contributed by atoms with van der Waals surface area (Å²) in [4.78, 5) is 17.3. The summed E-state index contributed by atoms with van der Waals surface area (Å²) in [6.07, 6.45) is 0.213. The van der Waals surface area contributed by atoms with E-state index in [9.17, 15) is 4.79 Å². The summed E-state index contributed by atoms with van der Waals surface area (Å²) in [5, 5.41) is 1.23. The number of hydrogen-bond acceptors (Lipinski definition) is 4. The van der Waals surface area contributed by atoms with E-state index in [0.29, 0.717) is 28.1 Å². The highest BCUT2D eigenvalue weighted by Crippen LogP contribution is 2.45. The second-order valence-corrected chi connectivity index (χ2v) is 14.0. The molecule has 0 aliphatic carbocycles.